The molecule has 2 N–H and O–H groups in total. The number of halogens is 4. The summed E-state index contributed by atoms with van der Waals surface area (Å²) >= 11 is 6.35. The predicted molar refractivity (Wildman–Crippen MR) is 120 cm³/mol. The fraction of sp³-hybridized carbons (Fsp3) is 0.391. The zero-order valence-electron chi connectivity index (χ0n) is 18.0. The van der Waals surface area contributed by atoms with E-state index < -0.39 is 12.4 Å². The summed E-state index contributed by atoms with van der Waals surface area (Å²) in [6.07, 6.45) is -2.62. The number of rotatable bonds is 7. The lowest BCUT2D eigenvalue weighted by Crippen LogP contribution is -2.52. The molecule has 0 aromatic heterocycles. The Bertz CT molecular complexity index is 1000. The Morgan fingerprint density at radius 3 is 2.61 bits per heavy atom. The van der Waals surface area contributed by atoms with Crippen molar-refractivity contribution in [1.82, 2.24) is 10.2 Å². The number of benzene rings is 2. The molecule has 2 amide bonds. The van der Waals surface area contributed by atoms with Crippen molar-refractivity contribution >= 4 is 29.1 Å². The molecule has 1 atom stereocenters. The van der Waals surface area contributed by atoms with E-state index in [2.05, 4.69) is 15.4 Å². The number of hydrogen-bond donors (Lipinski definition) is 2. The Labute approximate surface area is 195 Å². The van der Waals surface area contributed by atoms with Crippen LogP contribution in [0.2, 0.25) is 5.02 Å². The number of para-hydroxylation sites is 1. The molecule has 0 saturated carbocycles. The van der Waals surface area contributed by atoms with Crippen LogP contribution >= 0.6 is 11.6 Å². The van der Waals surface area contributed by atoms with E-state index >= 15 is 0 Å². The van der Waals surface area contributed by atoms with Crippen molar-refractivity contribution < 1.29 is 27.5 Å². The van der Waals surface area contributed by atoms with E-state index in [0.29, 0.717) is 30.8 Å². The number of carbonyl (C=O) groups is 2. The number of carbonyl (C=O) groups excluding carboxylic acids is 2. The molecule has 1 fully saturated rings. The first-order valence-corrected chi connectivity index (χ1v) is 11.0. The zero-order chi connectivity index (χ0) is 24.0. The maximum atomic E-state index is 12.9. The summed E-state index contributed by atoms with van der Waals surface area (Å²) in [6.45, 7) is 3.23. The SMILES string of the molecule is CCNCC(=O)N1CCCCC1C(=O)Nc1ccc(-c2ccccc2OC(F)(F)F)c(Cl)c1. The number of amides is 2. The molecule has 2 aromatic carbocycles. The third kappa shape index (κ3) is 6.61. The van der Waals surface area contributed by atoms with Gasteiger partial charge < -0.3 is 20.3 Å². The molecule has 0 bridgehead atoms. The number of nitrogens with one attached hydrogen (secondary N) is 2. The summed E-state index contributed by atoms with van der Waals surface area (Å²) in [6, 6.07) is 9.62. The molecule has 10 heteroatoms. The number of alkyl halides is 3. The molecule has 1 unspecified atom stereocenters. The lowest BCUT2D eigenvalue weighted by atomic mass is 10.0. The molecule has 33 heavy (non-hydrogen) atoms. The van der Waals surface area contributed by atoms with Gasteiger partial charge in [-0.05, 0) is 44.0 Å². The van der Waals surface area contributed by atoms with E-state index in [-0.39, 0.29) is 34.7 Å². The van der Waals surface area contributed by atoms with Gasteiger partial charge in [0.2, 0.25) is 11.8 Å². The van der Waals surface area contributed by atoms with E-state index in [4.69, 9.17) is 11.6 Å². The Morgan fingerprint density at radius 2 is 1.91 bits per heavy atom. The minimum absolute atomic E-state index is 0.133. The van der Waals surface area contributed by atoms with Crippen LogP contribution in [0.25, 0.3) is 11.1 Å². The first-order valence-electron chi connectivity index (χ1n) is 10.7. The third-order valence-electron chi connectivity index (χ3n) is 5.29. The van der Waals surface area contributed by atoms with Gasteiger partial charge in [-0.2, -0.15) is 0 Å². The number of anilines is 1. The van der Waals surface area contributed by atoms with Crippen molar-refractivity contribution in [3.63, 3.8) is 0 Å². The number of nitrogens with zero attached hydrogens (tertiary/aromatic N) is 1. The van der Waals surface area contributed by atoms with Gasteiger partial charge in [-0.25, -0.2) is 0 Å². The molecule has 0 radical (unpaired) electrons. The molecule has 2 aromatic rings. The highest BCUT2D eigenvalue weighted by Crippen LogP contribution is 2.38. The van der Waals surface area contributed by atoms with E-state index in [9.17, 15) is 22.8 Å². The summed E-state index contributed by atoms with van der Waals surface area (Å²) < 4.78 is 42.3. The Hall–Kier alpha value is -2.78. The van der Waals surface area contributed by atoms with E-state index in [1.807, 2.05) is 6.92 Å². The molecule has 0 aliphatic carbocycles. The van der Waals surface area contributed by atoms with Crippen molar-refractivity contribution in [3.8, 4) is 16.9 Å². The minimum Gasteiger partial charge on any atom is -0.405 e. The lowest BCUT2D eigenvalue weighted by Gasteiger charge is -2.34. The summed E-state index contributed by atoms with van der Waals surface area (Å²) in [5, 5.41) is 5.91. The standard InChI is InChI=1S/C23H25ClF3N3O3/c1-2-28-14-21(31)30-12-6-5-8-19(30)22(32)29-15-10-11-16(18(24)13-15)17-7-3-4-9-20(17)33-23(25,26)27/h3-4,7,9-11,13,19,28H,2,5-6,8,12,14H2,1H3,(H,29,32). The molecule has 1 aliphatic heterocycles. The second kappa shape index (κ2) is 10.9. The molecule has 0 spiro atoms. The second-order valence-corrected chi connectivity index (χ2v) is 8.01. The number of hydrogen-bond acceptors (Lipinski definition) is 4. The molecule has 178 valence electrons. The van der Waals surface area contributed by atoms with Crippen LogP contribution < -0.4 is 15.4 Å². The van der Waals surface area contributed by atoms with Gasteiger partial charge in [0, 0.05) is 23.4 Å². The van der Waals surface area contributed by atoms with Crippen LogP contribution in [0.5, 0.6) is 5.75 Å². The van der Waals surface area contributed by atoms with Crippen molar-refractivity contribution in [2.75, 3.05) is 25.0 Å². The van der Waals surface area contributed by atoms with Gasteiger partial charge in [0.1, 0.15) is 11.8 Å². The fourth-order valence-corrected chi connectivity index (χ4v) is 4.06. The molecule has 6 nitrogen and oxygen atoms in total. The van der Waals surface area contributed by atoms with Gasteiger partial charge in [0.15, 0.2) is 0 Å². The van der Waals surface area contributed by atoms with Crippen LogP contribution in [0.15, 0.2) is 42.5 Å². The van der Waals surface area contributed by atoms with E-state index in [0.717, 1.165) is 12.8 Å². The van der Waals surface area contributed by atoms with Crippen molar-refractivity contribution in [1.29, 1.82) is 0 Å². The van der Waals surface area contributed by atoms with Gasteiger partial charge in [-0.3, -0.25) is 9.59 Å². The maximum Gasteiger partial charge on any atom is 0.573 e. The van der Waals surface area contributed by atoms with Crippen LogP contribution in [0.4, 0.5) is 18.9 Å². The monoisotopic (exact) mass is 483 g/mol. The highest BCUT2D eigenvalue weighted by molar-refractivity contribution is 6.33. The first kappa shape index (κ1) is 24.9. The maximum absolute atomic E-state index is 12.9. The summed E-state index contributed by atoms with van der Waals surface area (Å²) in [5.74, 6) is -0.837. The van der Waals surface area contributed by atoms with Gasteiger partial charge in [0.05, 0.1) is 11.6 Å². The van der Waals surface area contributed by atoms with Crippen LogP contribution in [0, 0.1) is 0 Å². The van der Waals surface area contributed by atoms with Crippen molar-refractivity contribution in [2.45, 2.75) is 38.6 Å². The lowest BCUT2D eigenvalue weighted by molar-refractivity contribution is -0.274. The molecule has 1 heterocycles. The highest BCUT2D eigenvalue weighted by atomic mass is 35.5. The quantitative estimate of drug-likeness (QED) is 0.591. The van der Waals surface area contributed by atoms with E-state index in [1.54, 1.807) is 17.0 Å². The predicted octanol–water partition coefficient (Wildman–Crippen LogP) is 4.83. The number of likely N-dealkylation sites (N-methyl/N-ethyl adjacent to an activating group) is 1. The van der Waals surface area contributed by atoms with Crippen LogP contribution in [0.1, 0.15) is 26.2 Å². The number of likely N-dealkylation sites (tertiary alicyclic amines) is 1. The average Bonchev–Trinajstić information content (AvgIpc) is 2.77. The van der Waals surface area contributed by atoms with Crippen LogP contribution in [-0.2, 0) is 9.59 Å². The van der Waals surface area contributed by atoms with Gasteiger partial charge in [-0.15, -0.1) is 13.2 Å². The largest absolute Gasteiger partial charge is 0.573 e. The second-order valence-electron chi connectivity index (χ2n) is 7.61. The summed E-state index contributed by atoms with van der Waals surface area (Å²) in [5.41, 5.74) is 0.882. The Morgan fingerprint density at radius 1 is 1.15 bits per heavy atom. The van der Waals surface area contributed by atoms with Crippen molar-refractivity contribution in [2.24, 2.45) is 0 Å². The molecule has 1 saturated heterocycles. The van der Waals surface area contributed by atoms with Gasteiger partial charge in [-0.1, -0.05) is 42.8 Å². The highest BCUT2D eigenvalue weighted by Gasteiger charge is 2.33. The normalized spacial score (nSPS) is 16.4. The first-order chi connectivity index (χ1) is 15.7. The Kier molecular flexibility index (Phi) is 8.20. The fourth-order valence-electron chi connectivity index (χ4n) is 3.78. The molecular weight excluding hydrogens is 459 g/mol. The molecule has 1 aliphatic rings. The summed E-state index contributed by atoms with van der Waals surface area (Å²) in [4.78, 5) is 27.0. The third-order valence-corrected chi connectivity index (χ3v) is 5.60. The van der Waals surface area contributed by atoms with Crippen LogP contribution in [-0.4, -0.2) is 48.8 Å². The van der Waals surface area contributed by atoms with Gasteiger partial charge in [0.25, 0.3) is 0 Å². The molecular formula is C23H25ClF3N3O3. The van der Waals surface area contributed by atoms with Crippen molar-refractivity contribution in [3.05, 3.63) is 47.5 Å². The van der Waals surface area contributed by atoms with Gasteiger partial charge >= 0.3 is 6.36 Å². The summed E-state index contributed by atoms with van der Waals surface area (Å²) in [7, 11) is 0. The average molecular weight is 484 g/mol. The minimum atomic E-state index is -4.84. The smallest absolute Gasteiger partial charge is 0.405 e. The Balaban J connectivity index is 1.77. The molecule has 3 rings (SSSR count). The number of ether oxygens (including phenoxy) is 1. The van der Waals surface area contributed by atoms with E-state index in [1.165, 1.54) is 30.3 Å². The topological polar surface area (TPSA) is 70.7 Å². The van der Waals surface area contributed by atoms with Crippen LogP contribution in [0.3, 0.4) is 0 Å². The zero-order valence-corrected chi connectivity index (χ0v) is 18.8. The number of piperidine rings is 1.